The minimum atomic E-state index is -0.955. The number of allylic oxidation sites excluding steroid dienone is 1. The zero-order valence-electron chi connectivity index (χ0n) is 18.6. The maximum absolute atomic E-state index is 12.5. The molecule has 0 radical (unpaired) electrons. The molecule has 6 atom stereocenters. The van der Waals surface area contributed by atoms with Crippen LogP contribution >= 0.6 is 24.0 Å². The first-order chi connectivity index (χ1) is 13.5. The van der Waals surface area contributed by atoms with E-state index in [4.69, 9.17) is 26.4 Å². The predicted molar refractivity (Wildman–Crippen MR) is 120 cm³/mol. The van der Waals surface area contributed by atoms with Crippen LogP contribution in [0, 0.1) is 5.92 Å². The highest BCUT2D eigenvalue weighted by molar-refractivity contribution is 7.98. The molecule has 29 heavy (non-hydrogen) atoms. The van der Waals surface area contributed by atoms with E-state index in [0.29, 0.717) is 23.6 Å². The molecule has 1 amide bonds. The Morgan fingerprint density at radius 2 is 2.07 bits per heavy atom. The predicted octanol–water partition coefficient (Wildman–Crippen LogP) is 3.80. The third kappa shape index (κ3) is 5.34. The normalized spacial score (nSPS) is 36.3. The number of ether oxygens (including phenoxy) is 3. The van der Waals surface area contributed by atoms with Gasteiger partial charge in [0.05, 0.1) is 16.7 Å². The minimum absolute atomic E-state index is 0.00813. The van der Waals surface area contributed by atoms with Crippen molar-refractivity contribution < 1.29 is 24.1 Å². The zero-order chi connectivity index (χ0) is 22.0. The molecule has 0 bridgehead atoms. The number of amides is 1. The van der Waals surface area contributed by atoms with Crippen molar-refractivity contribution in [3.05, 3.63) is 11.6 Å². The molecule has 8 heteroatoms. The van der Waals surface area contributed by atoms with E-state index in [1.165, 1.54) is 10.5 Å². The molecule has 1 aliphatic carbocycles. The van der Waals surface area contributed by atoms with E-state index >= 15 is 0 Å². The molecule has 1 saturated heterocycles. The number of thiocarbonyl (C=S) groups is 1. The van der Waals surface area contributed by atoms with Crippen LogP contribution in [0.2, 0.25) is 0 Å². The van der Waals surface area contributed by atoms with Crippen molar-refractivity contribution in [2.75, 3.05) is 26.2 Å². The second-order valence-electron chi connectivity index (χ2n) is 8.56. The first-order valence-electron chi connectivity index (χ1n) is 10.0. The number of aliphatic hydroxyl groups is 1. The SMILES string of the molecule is COC1C(OC(=O)N(C)C(C)=S)CCC(O)(CSC)C1C1(C)OC1CC=C(C)C. The molecule has 2 aliphatic rings. The molecule has 2 rings (SSSR count). The lowest BCUT2D eigenvalue weighted by molar-refractivity contribution is -0.170. The molecule has 0 aromatic carbocycles. The third-order valence-electron chi connectivity index (χ3n) is 6.14. The maximum atomic E-state index is 12.5. The molecule has 2 fully saturated rings. The van der Waals surface area contributed by atoms with Crippen molar-refractivity contribution in [2.24, 2.45) is 5.92 Å². The topological polar surface area (TPSA) is 71.5 Å². The lowest BCUT2D eigenvalue weighted by Crippen LogP contribution is -2.61. The van der Waals surface area contributed by atoms with Crippen molar-refractivity contribution in [3.63, 3.8) is 0 Å². The van der Waals surface area contributed by atoms with E-state index in [-0.39, 0.29) is 12.0 Å². The van der Waals surface area contributed by atoms with Crippen molar-refractivity contribution >= 4 is 35.1 Å². The Labute approximate surface area is 184 Å². The molecule has 6 nitrogen and oxygen atoms in total. The summed E-state index contributed by atoms with van der Waals surface area (Å²) in [5.74, 6) is 0.263. The summed E-state index contributed by atoms with van der Waals surface area (Å²) >= 11 is 6.68. The second-order valence-corrected chi connectivity index (χ2v) is 10.0. The summed E-state index contributed by atoms with van der Waals surface area (Å²) in [6, 6.07) is 0. The van der Waals surface area contributed by atoms with Gasteiger partial charge < -0.3 is 19.3 Å². The number of methoxy groups -OCH3 is 1. The van der Waals surface area contributed by atoms with Gasteiger partial charge in [-0.25, -0.2) is 4.79 Å². The van der Waals surface area contributed by atoms with Crippen LogP contribution in [-0.2, 0) is 14.2 Å². The fraction of sp³-hybridized carbons (Fsp3) is 0.810. The van der Waals surface area contributed by atoms with Gasteiger partial charge in [0.15, 0.2) is 0 Å². The van der Waals surface area contributed by atoms with E-state index in [9.17, 15) is 9.90 Å². The van der Waals surface area contributed by atoms with Crippen LogP contribution in [-0.4, -0.2) is 76.8 Å². The van der Waals surface area contributed by atoms with Gasteiger partial charge in [-0.05, 0) is 53.2 Å². The molecule has 6 unspecified atom stereocenters. The molecule has 1 heterocycles. The van der Waals surface area contributed by atoms with Crippen molar-refractivity contribution in [1.29, 1.82) is 0 Å². The van der Waals surface area contributed by atoms with Crippen molar-refractivity contribution in [2.45, 2.75) is 76.5 Å². The Bertz CT molecular complexity index is 653. The number of thioether (sulfide) groups is 1. The van der Waals surface area contributed by atoms with Gasteiger partial charge in [0, 0.05) is 25.8 Å². The lowest BCUT2D eigenvalue weighted by Gasteiger charge is -2.49. The number of carbonyl (C=O) groups is 1. The van der Waals surface area contributed by atoms with Crippen molar-refractivity contribution in [1.82, 2.24) is 4.90 Å². The fourth-order valence-corrected chi connectivity index (χ4v) is 5.32. The Morgan fingerprint density at radius 3 is 2.59 bits per heavy atom. The van der Waals surface area contributed by atoms with Gasteiger partial charge in [0.25, 0.3) is 0 Å². The lowest BCUT2D eigenvalue weighted by atomic mass is 9.66. The Kier molecular flexibility index (Phi) is 8.18. The molecule has 1 saturated carbocycles. The first-order valence-corrected chi connectivity index (χ1v) is 11.8. The van der Waals surface area contributed by atoms with Crippen LogP contribution in [0.25, 0.3) is 0 Å². The highest BCUT2D eigenvalue weighted by atomic mass is 32.2. The molecule has 0 aromatic heterocycles. The number of hydrogen-bond acceptors (Lipinski definition) is 7. The van der Waals surface area contributed by atoms with Gasteiger partial charge in [-0.3, -0.25) is 4.90 Å². The highest BCUT2D eigenvalue weighted by Crippen LogP contribution is 2.55. The molecule has 1 aliphatic heterocycles. The van der Waals surface area contributed by atoms with Crippen LogP contribution in [0.5, 0.6) is 0 Å². The van der Waals surface area contributed by atoms with E-state index in [1.54, 1.807) is 32.8 Å². The Morgan fingerprint density at radius 1 is 1.41 bits per heavy atom. The van der Waals surface area contributed by atoms with Gasteiger partial charge in [0.1, 0.15) is 17.8 Å². The average molecular weight is 446 g/mol. The van der Waals surface area contributed by atoms with Crippen LogP contribution in [0.3, 0.4) is 0 Å². The summed E-state index contributed by atoms with van der Waals surface area (Å²) in [4.78, 5) is 14.2. The van der Waals surface area contributed by atoms with Crippen molar-refractivity contribution in [3.8, 4) is 0 Å². The number of epoxide rings is 1. The summed E-state index contributed by atoms with van der Waals surface area (Å²) in [6.07, 6.45) is 4.54. The Balaban J connectivity index is 2.28. The first kappa shape index (κ1) is 24.6. The third-order valence-corrected chi connectivity index (χ3v) is 7.20. The van der Waals surface area contributed by atoms with Gasteiger partial charge in [-0.15, -0.1) is 0 Å². The van der Waals surface area contributed by atoms with Gasteiger partial charge in [-0.2, -0.15) is 11.8 Å². The van der Waals surface area contributed by atoms with Gasteiger partial charge >= 0.3 is 6.09 Å². The van der Waals surface area contributed by atoms with E-state index in [2.05, 4.69) is 19.9 Å². The maximum Gasteiger partial charge on any atom is 0.414 e. The van der Waals surface area contributed by atoms with Crippen LogP contribution < -0.4 is 0 Å². The Hall–Kier alpha value is -0.670. The monoisotopic (exact) mass is 445 g/mol. The largest absolute Gasteiger partial charge is 0.443 e. The van der Waals surface area contributed by atoms with E-state index in [1.807, 2.05) is 13.2 Å². The molecule has 0 aromatic rings. The van der Waals surface area contributed by atoms with Crippen LogP contribution in [0.4, 0.5) is 4.79 Å². The molecule has 166 valence electrons. The number of hydrogen-bond donors (Lipinski definition) is 1. The smallest absolute Gasteiger partial charge is 0.414 e. The summed E-state index contributed by atoms with van der Waals surface area (Å²) < 4.78 is 17.8. The van der Waals surface area contributed by atoms with Gasteiger partial charge in [0.2, 0.25) is 0 Å². The number of nitrogens with zero attached hydrogens (tertiary/aromatic N) is 1. The summed E-state index contributed by atoms with van der Waals surface area (Å²) in [5, 5.41) is 11.6. The van der Waals surface area contributed by atoms with Crippen LogP contribution in [0.1, 0.15) is 47.0 Å². The molecule has 1 N–H and O–H groups in total. The van der Waals surface area contributed by atoms with E-state index in [0.717, 1.165) is 6.42 Å². The van der Waals surface area contributed by atoms with E-state index < -0.39 is 29.5 Å². The number of carbonyl (C=O) groups excluding carboxylic acids is 1. The summed E-state index contributed by atoms with van der Waals surface area (Å²) in [5.41, 5.74) is -0.253. The minimum Gasteiger partial charge on any atom is -0.443 e. The molecular weight excluding hydrogens is 410 g/mol. The zero-order valence-corrected chi connectivity index (χ0v) is 20.2. The van der Waals surface area contributed by atoms with Gasteiger partial charge in [-0.1, -0.05) is 23.9 Å². The summed E-state index contributed by atoms with van der Waals surface area (Å²) in [6.45, 7) is 7.84. The standard InChI is InChI=1S/C21H35NO5S2/c1-13(2)8-9-16-20(4,27-16)18-17(25-6)15(10-11-21(18,24)12-29-7)26-19(23)22(5)14(3)28/h8,15-18,24H,9-12H2,1-7H3. The number of rotatable bonds is 7. The molecule has 0 spiro atoms. The van der Waals surface area contributed by atoms with Crippen LogP contribution in [0.15, 0.2) is 11.6 Å². The highest BCUT2D eigenvalue weighted by Gasteiger charge is 2.67. The molecular formula is C21H35NO5S2. The quantitative estimate of drug-likeness (QED) is 0.363. The second kappa shape index (κ2) is 9.64. The summed E-state index contributed by atoms with van der Waals surface area (Å²) in [7, 11) is 3.20. The average Bonchev–Trinajstić information content (AvgIpc) is 3.31. The fourth-order valence-electron chi connectivity index (χ4n) is 4.43.